The number of nitrogens with two attached hydrogens (primary N) is 1. The molecule has 0 saturated heterocycles. The molecule has 108 valence electrons. The lowest BCUT2D eigenvalue weighted by Gasteiger charge is -2.17. The predicted octanol–water partition coefficient (Wildman–Crippen LogP) is 5.59. The first-order valence-electron chi connectivity index (χ1n) is 8.00. The Kier molecular flexibility index (Phi) is 11.6. The van der Waals surface area contributed by atoms with Crippen LogP contribution in [-0.4, -0.2) is 5.54 Å². The first-order valence-corrected chi connectivity index (χ1v) is 8.00. The Morgan fingerprint density at radius 2 is 1.28 bits per heavy atom. The molecule has 0 aliphatic rings. The Morgan fingerprint density at radius 1 is 0.778 bits per heavy atom. The maximum absolute atomic E-state index is 5.96. The minimum absolute atomic E-state index is 0.0310. The molecule has 0 bridgehead atoms. The lowest BCUT2D eigenvalue weighted by molar-refractivity contribution is 0.441. The molecule has 0 saturated carbocycles. The number of hydrogen-bond donors (Lipinski definition) is 1. The second-order valence-electron chi connectivity index (χ2n) is 6.26. The van der Waals surface area contributed by atoms with Crippen molar-refractivity contribution in [3.05, 3.63) is 12.2 Å². The van der Waals surface area contributed by atoms with Crippen LogP contribution in [0.1, 0.15) is 91.4 Å². The van der Waals surface area contributed by atoms with Gasteiger partial charge in [0.15, 0.2) is 0 Å². The Hall–Kier alpha value is -0.300. The van der Waals surface area contributed by atoms with E-state index < -0.39 is 0 Å². The first kappa shape index (κ1) is 17.7. The van der Waals surface area contributed by atoms with Crippen LogP contribution in [0.3, 0.4) is 0 Å². The Bertz CT molecular complexity index is 188. The van der Waals surface area contributed by atoms with E-state index in [1.165, 1.54) is 64.2 Å². The fourth-order valence-corrected chi connectivity index (χ4v) is 2.11. The third-order valence-electron chi connectivity index (χ3n) is 3.33. The third-order valence-corrected chi connectivity index (χ3v) is 3.33. The van der Waals surface area contributed by atoms with Crippen LogP contribution in [0.2, 0.25) is 0 Å². The van der Waals surface area contributed by atoms with E-state index in [9.17, 15) is 0 Å². The molecule has 0 aliphatic heterocycles. The van der Waals surface area contributed by atoms with Gasteiger partial charge in [0.2, 0.25) is 0 Å². The lowest BCUT2D eigenvalue weighted by atomic mass is 9.97. The quantitative estimate of drug-likeness (QED) is 0.356. The molecule has 0 heterocycles. The number of hydrogen-bond acceptors (Lipinski definition) is 1. The van der Waals surface area contributed by atoms with Gasteiger partial charge in [-0.15, -0.1) is 0 Å². The minimum Gasteiger partial charge on any atom is -0.326 e. The molecule has 0 spiro atoms. The maximum atomic E-state index is 5.96. The summed E-state index contributed by atoms with van der Waals surface area (Å²) in [7, 11) is 0. The van der Waals surface area contributed by atoms with Crippen molar-refractivity contribution in [2.24, 2.45) is 5.73 Å². The SMILES string of the molecule is CCCC/C=C/CCCCCCCCC(C)(C)N. The average Bonchev–Trinajstić information content (AvgIpc) is 2.29. The second kappa shape index (κ2) is 11.8. The molecule has 0 aromatic heterocycles. The number of rotatable bonds is 12. The van der Waals surface area contributed by atoms with Gasteiger partial charge in [0.05, 0.1) is 0 Å². The van der Waals surface area contributed by atoms with Gasteiger partial charge in [-0.1, -0.05) is 64.0 Å². The van der Waals surface area contributed by atoms with Crippen LogP contribution in [0.25, 0.3) is 0 Å². The van der Waals surface area contributed by atoms with Gasteiger partial charge >= 0.3 is 0 Å². The zero-order valence-corrected chi connectivity index (χ0v) is 13.0. The molecule has 18 heavy (non-hydrogen) atoms. The zero-order valence-electron chi connectivity index (χ0n) is 13.0. The zero-order chi connectivity index (χ0) is 13.7. The molecule has 0 amide bonds. The van der Waals surface area contributed by atoms with Gasteiger partial charge in [0.25, 0.3) is 0 Å². The molecule has 0 aromatic carbocycles. The summed E-state index contributed by atoms with van der Waals surface area (Å²) in [5, 5.41) is 0. The Balaban J connectivity index is 3.10. The van der Waals surface area contributed by atoms with E-state index in [0.717, 1.165) is 6.42 Å². The molecule has 0 fully saturated rings. The molecule has 0 aromatic rings. The monoisotopic (exact) mass is 253 g/mol. The van der Waals surface area contributed by atoms with E-state index in [1.807, 2.05) is 0 Å². The highest BCUT2D eigenvalue weighted by Gasteiger charge is 2.08. The number of unbranched alkanes of at least 4 members (excludes halogenated alkanes) is 8. The summed E-state index contributed by atoms with van der Waals surface area (Å²) in [6.45, 7) is 6.50. The van der Waals surface area contributed by atoms with E-state index in [0.29, 0.717) is 0 Å². The minimum atomic E-state index is 0.0310. The molecule has 1 heteroatoms. The molecule has 0 rings (SSSR count). The standard InChI is InChI=1S/C17H35N/c1-4-5-6-7-8-9-10-11-12-13-14-15-16-17(2,3)18/h7-8H,4-6,9-16,18H2,1-3H3/b8-7+. The largest absolute Gasteiger partial charge is 0.326 e. The summed E-state index contributed by atoms with van der Waals surface area (Å²) in [6, 6.07) is 0. The molecular formula is C17H35N. The first-order chi connectivity index (χ1) is 8.56. The fraction of sp³-hybridized carbons (Fsp3) is 0.882. The summed E-state index contributed by atoms with van der Waals surface area (Å²) in [5.41, 5.74) is 5.99. The molecule has 2 N–H and O–H groups in total. The highest BCUT2D eigenvalue weighted by atomic mass is 14.7. The third kappa shape index (κ3) is 15.7. The van der Waals surface area contributed by atoms with Crippen LogP contribution in [0.5, 0.6) is 0 Å². The van der Waals surface area contributed by atoms with Crippen LogP contribution in [0.4, 0.5) is 0 Å². The van der Waals surface area contributed by atoms with Gasteiger partial charge in [0.1, 0.15) is 0 Å². The van der Waals surface area contributed by atoms with E-state index in [4.69, 9.17) is 5.73 Å². The average molecular weight is 253 g/mol. The summed E-state index contributed by atoms with van der Waals surface area (Å²) in [6.07, 6.45) is 19.3. The van der Waals surface area contributed by atoms with E-state index in [-0.39, 0.29) is 5.54 Å². The van der Waals surface area contributed by atoms with E-state index in [2.05, 4.69) is 32.9 Å². The van der Waals surface area contributed by atoms with Crippen LogP contribution < -0.4 is 5.73 Å². The van der Waals surface area contributed by atoms with Crippen molar-refractivity contribution >= 4 is 0 Å². The van der Waals surface area contributed by atoms with Gasteiger partial charge in [-0.05, 0) is 39.5 Å². The van der Waals surface area contributed by atoms with Crippen molar-refractivity contribution in [1.82, 2.24) is 0 Å². The van der Waals surface area contributed by atoms with Gasteiger partial charge in [-0.25, -0.2) is 0 Å². The molecule has 1 nitrogen and oxygen atoms in total. The smallest absolute Gasteiger partial charge is 0.00970 e. The summed E-state index contributed by atoms with van der Waals surface area (Å²) < 4.78 is 0. The van der Waals surface area contributed by atoms with Crippen molar-refractivity contribution in [2.75, 3.05) is 0 Å². The highest BCUT2D eigenvalue weighted by molar-refractivity contribution is 4.81. The van der Waals surface area contributed by atoms with Crippen LogP contribution in [0, 0.1) is 0 Å². The van der Waals surface area contributed by atoms with Crippen molar-refractivity contribution < 1.29 is 0 Å². The second-order valence-corrected chi connectivity index (χ2v) is 6.26. The molecule has 0 atom stereocenters. The van der Waals surface area contributed by atoms with E-state index in [1.54, 1.807) is 0 Å². The summed E-state index contributed by atoms with van der Waals surface area (Å²) in [4.78, 5) is 0. The molecule has 0 radical (unpaired) electrons. The Labute approximate surface area is 115 Å². The van der Waals surface area contributed by atoms with Crippen molar-refractivity contribution in [1.29, 1.82) is 0 Å². The van der Waals surface area contributed by atoms with Gasteiger partial charge in [0, 0.05) is 5.54 Å². The van der Waals surface area contributed by atoms with Crippen LogP contribution in [0.15, 0.2) is 12.2 Å². The van der Waals surface area contributed by atoms with E-state index >= 15 is 0 Å². The number of allylic oxidation sites excluding steroid dienone is 2. The van der Waals surface area contributed by atoms with Gasteiger partial charge in [-0.2, -0.15) is 0 Å². The normalized spacial score (nSPS) is 12.4. The highest BCUT2D eigenvalue weighted by Crippen LogP contribution is 2.13. The van der Waals surface area contributed by atoms with Crippen molar-refractivity contribution in [2.45, 2.75) is 96.9 Å². The molecular weight excluding hydrogens is 218 g/mol. The van der Waals surface area contributed by atoms with Crippen LogP contribution >= 0.6 is 0 Å². The van der Waals surface area contributed by atoms with Crippen molar-refractivity contribution in [3.8, 4) is 0 Å². The van der Waals surface area contributed by atoms with Gasteiger partial charge in [-0.3, -0.25) is 0 Å². The lowest BCUT2D eigenvalue weighted by Crippen LogP contribution is -2.31. The van der Waals surface area contributed by atoms with Crippen molar-refractivity contribution in [3.63, 3.8) is 0 Å². The summed E-state index contributed by atoms with van der Waals surface area (Å²) in [5.74, 6) is 0. The Morgan fingerprint density at radius 3 is 1.83 bits per heavy atom. The maximum Gasteiger partial charge on any atom is 0.00970 e. The molecule has 0 aliphatic carbocycles. The van der Waals surface area contributed by atoms with Gasteiger partial charge < -0.3 is 5.73 Å². The summed E-state index contributed by atoms with van der Waals surface area (Å²) >= 11 is 0. The fourth-order valence-electron chi connectivity index (χ4n) is 2.11. The predicted molar refractivity (Wildman–Crippen MR) is 83.9 cm³/mol. The topological polar surface area (TPSA) is 26.0 Å². The molecule has 0 unspecified atom stereocenters. The van der Waals surface area contributed by atoms with Crippen LogP contribution in [-0.2, 0) is 0 Å².